The maximum atomic E-state index is 10.6. The third-order valence-corrected chi connectivity index (χ3v) is 1.77. The molecule has 1 aliphatic heterocycles. The van der Waals surface area contributed by atoms with Gasteiger partial charge in [-0.15, -0.1) is 0 Å². The van der Waals surface area contributed by atoms with Gasteiger partial charge in [-0.2, -0.15) is 0 Å². The van der Waals surface area contributed by atoms with Gasteiger partial charge in [-0.05, 0) is 0 Å². The second-order valence-corrected chi connectivity index (χ2v) is 2.46. The summed E-state index contributed by atoms with van der Waals surface area (Å²) in [7, 11) is 0. The molecular weight excluding hydrogens is 136 g/mol. The van der Waals surface area contributed by atoms with Gasteiger partial charge in [0.05, 0.1) is 6.61 Å². The van der Waals surface area contributed by atoms with Gasteiger partial charge >= 0.3 is 5.97 Å². The standard InChI is InChI=1S/C6H10O4/c1-3-4(2-7)10-6(9)5(3)8/h3-5,7-8H,2H2,1H3/t3-,4?,5?/m0/s1. The number of ether oxygens (including phenoxy) is 1. The van der Waals surface area contributed by atoms with Crippen molar-refractivity contribution in [1.82, 2.24) is 0 Å². The molecule has 0 bridgehead atoms. The van der Waals surface area contributed by atoms with E-state index in [9.17, 15) is 4.79 Å². The van der Waals surface area contributed by atoms with Crippen molar-refractivity contribution in [3.8, 4) is 0 Å². The third-order valence-electron chi connectivity index (χ3n) is 1.77. The highest BCUT2D eigenvalue weighted by Gasteiger charge is 2.39. The molecule has 1 heterocycles. The van der Waals surface area contributed by atoms with E-state index in [1.165, 1.54) is 0 Å². The molecular formula is C6H10O4. The minimum Gasteiger partial charge on any atom is -0.458 e. The summed E-state index contributed by atoms with van der Waals surface area (Å²) in [5, 5.41) is 17.6. The van der Waals surface area contributed by atoms with Crippen molar-refractivity contribution in [1.29, 1.82) is 0 Å². The number of hydrogen-bond acceptors (Lipinski definition) is 4. The van der Waals surface area contributed by atoms with E-state index in [0.29, 0.717) is 0 Å². The highest BCUT2D eigenvalue weighted by Crippen LogP contribution is 2.21. The number of carbonyl (C=O) groups excluding carboxylic acids is 1. The number of cyclic esters (lactones) is 1. The lowest BCUT2D eigenvalue weighted by Crippen LogP contribution is -2.24. The van der Waals surface area contributed by atoms with Crippen LogP contribution in [0.2, 0.25) is 0 Å². The third kappa shape index (κ3) is 0.998. The Kier molecular flexibility index (Phi) is 1.92. The molecule has 0 aliphatic carbocycles. The summed E-state index contributed by atoms with van der Waals surface area (Å²) in [5.41, 5.74) is 0. The van der Waals surface area contributed by atoms with Gasteiger partial charge in [-0.1, -0.05) is 6.92 Å². The molecule has 1 aliphatic rings. The van der Waals surface area contributed by atoms with Crippen LogP contribution in [0.3, 0.4) is 0 Å². The normalized spacial score (nSPS) is 39.9. The molecule has 0 saturated carbocycles. The average molecular weight is 146 g/mol. The SMILES string of the molecule is C[C@H]1C(CO)OC(=O)C1O. The van der Waals surface area contributed by atoms with E-state index in [4.69, 9.17) is 10.2 Å². The smallest absolute Gasteiger partial charge is 0.335 e. The quantitative estimate of drug-likeness (QED) is 0.461. The Bertz CT molecular complexity index is 145. The van der Waals surface area contributed by atoms with Gasteiger partial charge in [0.25, 0.3) is 0 Å². The number of aliphatic hydroxyl groups is 2. The van der Waals surface area contributed by atoms with Crippen LogP contribution in [0.1, 0.15) is 6.92 Å². The van der Waals surface area contributed by atoms with Crippen LogP contribution in [0.4, 0.5) is 0 Å². The van der Waals surface area contributed by atoms with Crippen LogP contribution in [0.5, 0.6) is 0 Å². The number of hydrogen-bond donors (Lipinski definition) is 2. The Morgan fingerprint density at radius 1 is 1.70 bits per heavy atom. The zero-order chi connectivity index (χ0) is 7.72. The van der Waals surface area contributed by atoms with Crippen molar-refractivity contribution >= 4 is 5.97 Å². The molecule has 0 spiro atoms. The maximum absolute atomic E-state index is 10.6. The van der Waals surface area contributed by atoms with E-state index < -0.39 is 18.2 Å². The van der Waals surface area contributed by atoms with Gasteiger partial charge < -0.3 is 14.9 Å². The average Bonchev–Trinajstić information content (AvgIpc) is 2.17. The summed E-state index contributed by atoms with van der Waals surface area (Å²) in [5.74, 6) is -0.927. The number of esters is 1. The molecule has 0 aromatic carbocycles. The fraction of sp³-hybridized carbons (Fsp3) is 0.833. The number of aliphatic hydroxyl groups excluding tert-OH is 2. The predicted molar refractivity (Wildman–Crippen MR) is 32.1 cm³/mol. The molecule has 0 radical (unpaired) electrons. The van der Waals surface area contributed by atoms with E-state index >= 15 is 0 Å². The fourth-order valence-corrected chi connectivity index (χ4v) is 0.948. The molecule has 3 atom stereocenters. The lowest BCUT2D eigenvalue weighted by Gasteiger charge is -2.09. The van der Waals surface area contributed by atoms with Gasteiger partial charge in [0.15, 0.2) is 6.10 Å². The summed E-state index contributed by atoms with van der Waals surface area (Å²) >= 11 is 0. The number of rotatable bonds is 1. The van der Waals surface area contributed by atoms with Crippen molar-refractivity contribution in [2.45, 2.75) is 19.1 Å². The Morgan fingerprint density at radius 2 is 2.30 bits per heavy atom. The van der Waals surface area contributed by atoms with Crippen molar-refractivity contribution < 1.29 is 19.7 Å². The van der Waals surface area contributed by atoms with E-state index in [-0.39, 0.29) is 12.5 Å². The highest BCUT2D eigenvalue weighted by atomic mass is 16.6. The fourth-order valence-electron chi connectivity index (χ4n) is 0.948. The first-order chi connectivity index (χ1) is 4.66. The first-order valence-electron chi connectivity index (χ1n) is 3.16. The molecule has 4 heteroatoms. The Balaban J connectivity index is 2.61. The first kappa shape index (κ1) is 7.50. The molecule has 0 aromatic rings. The van der Waals surface area contributed by atoms with Crippen LogP contribution in [0.15, 0.2) is 0 Å². The van der Waals surface area contributed by atoms with E-state index in [2.05, 4.69) is 4.74 Å². The molecule has 1 saturated heterocycles. The molecule has 0 amide bonds. The van der Waals surface area contributed by atoms with Crippen molar-refractivity contribution in [2.24, 2.45) is 5.92 Å². The Morgan fingerprint density at radius 3 is 2.50 bits per heavy atom. The Hall–Kier alpha value is -0.610. The monoisotopic (exact) mass is 146 g/mol. The van der Waals surface area contributed by atoms with E-state index in [1.807, 2.05) is 0 Å². The Labute approximate surface area is 58.4 Å². The zero-order valence-electron chi connectivity index (χ0n) is 5.65. The number of carbonyl (C=O) groups is 1. The summed E-state index contributed by atoms with van der Waals surface area (Å²) in [4.78, 5) is 10.6. The largest absolute Gasteiger partial charge is 0.458 e. The van der Waals surface area contributed by atoms with Crippen molar-refractivity contribution in [3.63, 3.8) is 0 Å². The van der Waals surface area contributed by atoms with E-state index in [0.717, 1.165) is 0 Å². The van der Waals surface area contributed by atoms with Gasteiger partial charge in [0.2, 0.25) is 0 Å². The molecule has 2 unspecified atom stereocenters. The van der Waals surface area contributed by atoms with Crippen LogP contribution >= 0.6 is 0 Å². The second kappa shape index (κ2) is 2.56. The lowest BCUT2D eigenvalue weighted by molar-refractivity contribution is -0.148. The van der Waals surface area contributed by atoms with Crippen LogP contribution in [0, 0.1) is 5.92 Å². The van der Waals surface area contributed by atoms with Crippen molar-refractivity contribution in [3.05, 3.63) is 0 Å². The van der Waals surface area contributed by atoms with Crippen molar-refractivity contribution in [2.75, 3.05) is 6.61 Å². The zero-order valence-corrected chi connectivity index (χ0v) is 5.65. The molecule has 0 aromatic heterocycles. The van der Waals surface area contributed by atoms with Crippen LogP contribution in [-0.4, -0.2) is 35.0 Å². The summed E-state index contributed by atoms with van der Waals surface area (Å²) in [6.45, 7) is 1.44. The van der Waals surface area contributed by atoms with Gasteiger partial charge in [-0.25, -0.2) is 4.79 Å². The van der Waals surface area contributed by atoms with Crippen LogP contribution in [-0.2, 0) is 9.53 Å². The highest BCUT2D eigenvalue weighted by molar-refractivity contribution is 5.77. The topological polar surface area (TPSA) is 66.8 Å². The summed E-state index contributed by atoms with van der Waals surface area (Å²) < 4.78 is 4.60. The molecule has 4 nitrogen and oxygen atoms in total. The molecule has 2 N–H and O–H groups in total. The molecule has 1 fully saturated rings. The molecule has 10 heavy (non-hydrogen) atoms. The van der Waals surface area contributed by atoms with Gasteiger partial charge in [0.1, 0.15) is 6.10 Å². The molecule has 1 rings (SSSR count). The predicted octanol–water partition coefficient (Wildman–Crippen LogP) is -1.10. The maximum Gasteiger partial charge on any atom is 0.335 e. The minimum absolute atomic E-state index is 0.218. The summed E-state index contributed by atoms with van der Waals surface area (Å²) in [6, 6.07) is 0. The summed E-state index contributed by atoms with van der Waals surface area (Å²) in [6.07, 6.45) is -1.58. The van der Waals surface area contributed by atoms with Crippen LogP contribution in [0.25, 0.3) is 0 Å². The minimum atomic E-state index is -1.06. The van der Waals surface area contributed by atoms with Gasteiger partial charge in [0, 0.05) is 5.92 Å². The van der Waals surface area contributed by atoms with Crippen LogP contribution < -0.4 is 0 Å². The van der Waals surface area contributed by atoms with E-state index in [1.54, 1.807) is 6.92 Å². The van der Waals surface area contributed by atoms with Gasteiger partial charge in [-0.3, -0.25) is 0 Å². The molecule has 58 valence electrons. The first-order valence-corrected chi connectivity index (χ1v) is 3.16. The second-order valence-electron chi connectivity index (χ2n) is 2.46. The lowest BCUT2D eigenvalue weighted by atomic mass is 10.0.